The molecule has 0 spiro atoms. The predicted molar refractivity (Wildman–Crippen MR) is 117 cm³/mol. The number of nitrogens with one attached hydrogen (secondary N) is 1. The van der Waals surface area contributed by atoms with E-state index in [1.54, 1.807) is 42.6 Å². The Labute approximate surface area is 181 Å². The number of aromatic nitrogens is 2. The molecule has 1 N–H and O–H groups in total. The molecule has 1 aliphatic carbocycles. The molecule has 2 aromatic carbocycles. The van der Waals surface area contributed by atoms with Crippen LogP contribution in [0.25, 0.3) is 5.69 Å². The van der Waals surface area contributed by atoms with Gasteiger partial charge in [-0.1, -0.05) is 37.5 Å². The van der Waals surface area contributed by atoms with Crippen LogP contribution in [0.15, 0.2) is 60.8 Å². The quantitative estimate of drug-likeness (QED) is 0.610. The number of hydrogen-bond acceptors (Lipinski definition) is 4. The van der Waals surface area contributed by atoms with Gasteiger partial charge in [-0.3, -0.25) is 4.79 Å². The third-order valence-electron chi connectivity index (χ3n) is 5.51. The maximum absolute atomic E-state index is 13.4. The summed E-state index contributed by atoms with van der Waals surface area (Å²) in [5.41, 5.74) is 1.83. The van der Waals surface area contributed by atoms with Crippen LogP contribution < -0.4 is 5.32 Å². The molecule has 1 saturated carbocycles. The average molecular weight is 442 g/mol. The lowest BCUT2D eigenvalue weighted by Gasteiger charge is -2.21. The number of rotatable bonds is 6. The van der Waals surface area contributed by atoms with Gasteiger partial charge in [0, 0.05) is 11.9 Å². The molecule has 1 aromatic heterocycles. The smallest absolute Gasteiger partial charge is 0.276 e. The van der Waals surface area contributed by atoms with Gasteiger partial charge in [-0.2, -0.15) is 5.10 Å². The van der Waals surface area contributed by atoms with E-state index in [1.807, 2.05) is 0 Å². The minimum Gasteiger partial charge on any atom is -0.321 e. The molecule has 6 nitrogen and oxygen atoms in total. The van der Waals surface area contributed by atoms with Gasteiger partial charge in [0.05, 0.1) is 16.7 Å². The van der Waals surface area contributed by atoms with Gasteiger partial charge in [0.1, 0.15) is 5.82 Å². The number of sulfone groups is 1. The van der Waals surface area contributed by atoms with E-state index in [2.05, 4.69) is 10.4 Å². The van der Waals surface area contributed by atoms with Crippen LogP contribution in [0, 0.1) is 5.82 Å². The maximum atomic E-state index is 13.4. The van der Waals surface area contributed by atoms with Crippen molar-refractivity contribution in [3.63, 3.8) is 0 Å². The third-order valence-corrected chi connectivity index (χ3v) is 7.73. The van der Waals surface area contributed by atoms with Crippen LogP contribution in [-0.4, -0.2) is 29.4 Å². The summed E-state index contributed by atoms with van der Waals surface area (Å²) >= 11 is 0. The fraction of sp³-hybridized carbons (Fsp3) is 0.304. The summed E-state index contributed by atoms with van der Waals surface area (Å²) in [4.78, 5) is 12.6. The minimum absolute atomic E-state index is 0.0322. The number of carbonyl (C=O) groups is 1. The molecule has 0 radical (unpaired) electrons. The van der Waals surface area contributed by atoms with E-state index in [0.717, 1.165) is 32.1 Å². The van der Waals surface area contributed by atoms with Crippen LogP contribution in [-0.2, 0) is 15.6 Å². The highest BCUT2D eigenvalue weighted by Gasteiger charge is 2.27. The summed E-state index contributed by atoms with van der Waals surface area (Å²) in [6.45, 7) is 0. The Kier molecular flexibility index (Phi) is 6.18. The zero-order chi connectivity index (χ0) is 21.8. The topological polar surface area (TPSA) is 81.1 Å². The highest BCUT2D eigenvalue weighted by molar-refractivity contribution is 7.91. The second kappa shape index (κ2) is 9.01. The standard InChI is InChI=1S/C23H24FN3O3S/c24-18-7-5-9-20(15-18)27-13-12-22(26-27)23(28)25-19-8-4-6-17(14-19)16-31(29,30)21-10-2-1-3-11-21/h4-9,12-15,21H,1-3,10-11,16H2,(H,25,28). The predicted octanol–water partition coefficient (Wildman–Crippen LogP) is 4.51. The van der Waals surface area contributed by atoms with Crippen LogP contribution >= 0.6 is 0 Å². The van der Waals surface area contributed by atoms with Crippen LogP contribution in [0.1, 0.15) is 48.2 Å². The van der Waals surface area contributed by atoms with Gasteiger partial charge in [-0.15, -0.1) is 0 Å². The largest absolute Gasteiger partial charge is 0.321 e. The van der Waals surface area contributed by atoms with Crippen molar-refractivity contribution in [2.45, 2.75) is 43.1 Å². The van der Waals surface area contributed by atoms with Crippen molar-refractivity contribution in [2.75, 3.05) is 5.32 Å². The van der Waals surface area contributed by atoms with Crippen LogP contribution in [0.5, 0.6) is 0 Å². The van der Waals surface area contributed by atoms with Crippen molar-refractivity contribution in [3.8, 4) is 5.69 Å². The van der Waals surface area contributed by atoms with Gasteiger partial charge < -0.3 is 5.32 Å². The molecule has 0 unspecified atom stereocenters. The van der Waals surface area contributed by atoms with Crippen molar-refractivity contribution in [1.29, 1.82) is 0 Å². The Balaban J connectivity index is 1.45. The van der Waals surface area contributed by atoms with Crippen LogP contribution in [0.2, 0.25) is 0 Å². The highest BCUT2D eigenvalue weighted by atomic mass is 32.2. The van der Waals surface area contributed by atoms with E-state index in [0.29, 0.717) is 16.9 Å². The molecule has 31 heavy (non-hydrogen) atoms. The summed E-state index contributed by atoms with van der Waals surface area (Å²) in [7, 11) is -3.22. The van der Waals surface area contributed by atoms with Crippen molar-refractivity contribution in [2.24, 2.45) is 0 Å². The molecule has 3 aromatic rings. The molecule has 1 fully saturated rings. The van der Waals surface area contributed by atoms with Crippen molar-refractivity contribution in [1.82, 2.24) is 9.78 Å². The zero-order valence-corrected chi connectivity index (χ0v) is 17.8. The normalized spacial score (nSPS) is 15.0. The molecule has 1 heterocycles. The maximum Gasteiger partial charge on any atom is 0.276 e. The number of amides is 1. The lowest BCUT2D eigenvalue weighted by Crippen LogP contribution is -2.25. The highest BCUT2D eigenvalue weighted by Crippen LogP contribution is 2.26. The van der Waals surface area contributed by atoms with Crippen molar-refractivity contribution in [3.05, 3.63) is 77.9 Å². The van der Waals surface area contributed by atoms with E-state index in [-0.39, 0.29) is 22.5 Å². The van der Waals surface area contributed by atoms with Crippen LogP contribution in [0.3, 0.4) is 0 Å². The first-order chi connectivity index (χ1) is 14.9. The first-order valence-electron chi connectivity index (χ1n) is 10.3. The number of carbonyl (C=O) groups excluding carboxylic acids is 1. The number of nitrogens with zero attached hydrogens (tertiary/aromatic N) is 2. The van der Waals surface area contributed by atoms with E-state index < -0.39 is 15.7 Å². The molecule has 0 aliphatic heterocycles. The monoisotopic (exact) mass is 441 g/mol. The molecule has 0 atom stereocenters. The number of hydrogen-bond donors (Lipinski definition) is 1. The van der Waals surface area contributed by atoms with Gasteiger partial charge in [0.2, 0.25) is 0 Å². The van der Waals surface area contributed by atoms with Gasteiger partial charge in [-0.05, 0) is 54.8 Å². The summed E-state index contributed by atoms with van der Waals surface area (Å²) in [5.74, 6) is -0.850. The first-order valence-corrected chi connectivity index (χ1v) is 12.1. The Morgan fingerprint density at radius 2 is 1.84 bits per heavy atom. The Bertz CT molecular complexity index is 1180. The van der Waals surface area contributed by atoms with Crippen LogP contribution in [0.4, 0.5) is 10.1 Å². The molecular formula is C23H24FN3O3S. The van der Waals surface area contributed by atoms with Gasteiger partial charge in [0.25, 0.3) is 5.91 Å². The molecule has 4 rings (SSSR count). The number of benzene rings is 2. The minimum atomic E-state index is -3.22. The lowest BCUT2D eigenvalue weighted by molar-refractivity contribution is 0.102. The lowest BCUT2D eigenvalue weighted by atomic mass is 10.0. The molecular weight excluding hydrogens is 417 g/mol. The van der Waals surface area contributed by atoms with E-state index >= 15 is 0 Å². The van der Waals surface area contributed by atoms with E-state index in [1.165, 1.54) is 22.9 Å². The van der Waals surface area contributed by atoms with Gasteiger partial charge in [0.15, 0.2) is 15.5 Å². The average Bonchev–Trinajstić information content (AvgIpc) is 3.25. The van der Waals surface area contributed by atoms with E-state index in [9.17, 15) is 17.6 Å². The van der Waals surface area contributed by atoms with Crippen molar-refractivity contribution >= 4 is 21.4 Å². The third kappa shape index (κ3) is 5.19. The molecule has 1 aliphatic rings. The summed E-state index contributed by atoms with van der Waals surface area (Å²) in [5, 5.41) is 6.69. The molecule has 8 heteroatoms. The fourth-order valence-electron chi connectivity index (χ4n) is 3.92. The molecule has 1 amide bonds. The second-order valence-electron chi connectivity index (χ2n) is 7.85. The van der Waals surface area contributed by atoms with Gasteiger partial charge >= 0.3 is 0 Å². The summed E-state index contributed by atoms with van der Waals surface area (Å²) in [6, 6.07) is 14.3. The SMILES string of the molecule is O=C(Nc1cccc(CS(=O)(=O)C2CCCCC2)c1)c1ccn(-c2cccc(F)c2)n1. The van der Waals surface area contributed by atoms with E-state index in [4.69, 9.17) is 0 Å². The number of halogens is 1. The molecule has 162 valence electrons. The molecule has 0 saturated heterocycles. The Morgan fingerprint density at radius 1 is 1.06 bits per heavy atom. The number of anilines is 1. The zero-order valence-electron chi connectivity index (χ0n) is 17.0. The molecule has 0 bridgehead atoms. The Hall–Kier alpha value is -3.00. The Morgan fingerprint density at radius 3 is 2.61 bits per heavy atom. The van der Waals surface area contributed by atoms with Crippen molar-refractivity contribution < 1.29 is 17.6 Å². The summed E-state index contributed by atoms with van der Waals surface area (Å²) < 4.78 is 40.3. The summed E-state index contributed by atoms with van der Waals surface area (Å²) in [6.07, 6.45) is 6.06. The second-order valence-corrected chi connectivity index (χ2v) is 10.1. The van der Waals surface area contributed by atoms with Gasteiger partial charge in [-0.25, -0.2) is 17.5 Å². The first kappa shape index (κ1) is 21.2. The fourth-order valence-corrected chi connectivity index (χ4v) is 5.85.